The summed E-state index contributed by atoms with van der Waals surface area (Å²) in [7, 11) is 0. The average molecular weight is 149 g/mol. The van der Waals surface area contributed by atoms with Crippen molar-refractivity contribution in [3.05, 3.63) is 27.9 Å². The molecule has 0 atom stereocenters. The van der Waals surface area contributed by atoms with Gasteiger partial charge in [0.2, 0.25) is 0 Å². The van der Waals surface area contributed by atoms with Crippen LogP contribution in [-0.4, -0.2) is 9.97 Å². The second-order valence-electron chi connectivity index (χ2n) is 2.04. The van der Waals surface area contributed by atoms with Crippen molar-refractivity contribution in [2.45, 2.75) is 13.3 Å². The summed E-state index contributed by atoms with van der Waals surface area (Å²) in [6, 6.07) is 1.74. The number of H-pyrrole nitrogens is 1. The Bertz CT molecular complexity index is 347. The maximum Gasteiger partial charge on any atom is 0.268 e. The highest BCUT2D eigenvalue weighted by Gasteiger charge is 1.98. The first-order valence-corrected chi connectivity index (χ1v) is 3.26. The van der Waals surface area contributed by atoms with E-state index in [2.05, 4.69) is 9.97 Å². The molecular formula is C7H7N3O. The third-order valence-electron chi connectivity index (χ3n) is 1.31. The van der Waals surface area contributed by atoms with Crippen molar-refractivity contribution in [2.24, 2.45) is 0 Å². The molecule has 0 saturated heterocycles. The smallest absolute Gasteiger partial charge is 0.268 e. The summed E-state index contributed by atoms with van der Waals surface area (Å²) in [5, 5.41) is 8.37. The van der Waals surface area contributed by atoms with Gasteiger partial charge in [-0.05, 0) is 0 Å². The van der Waals surface area contributed by atoms with Crippen molar-refractivity contribution in [1.29, 1.82) is 5.26 Å². The molecule has 0 fully saturated rings. The molecule has 4 nitrogen and oxygen atoms in total. The number of nitriles is 1. The van der Waals surface area contributed by atoms with Crippen molar-refractivity contribution in [3.8, 4) is 6.07 Å². The SMILES string of the molecule is CCc1ncc(C#N)c(=O)[nH]1. The van der Waals surface area contributed by atoms with Gasteiger partial charge in [0.25, 0.3) is 5.56 Å². The summed E-state index contributed by atoms with van der Waals surface area (Å²) in [5.74, 6) is 0.606. The van der Waals surface area contributed by atoms with E-state index in [1.54, 1.807) is 6.07 Å². The predicted molar refractivity (Wildman–Crippen MR) is 39.0 cm³/mol. The van der Waals surface area contributed by atoms with E-state index >= 15 is 0 Å². The molecular weight excluding hydrogens is 142 g/mol. The number of hydrogen-bond donors (Lipinski definition) is 1. The van der Waals surface area contributed by atoms with Crippen molar-refractivity contribution in [1.82, 2.24) is 9.97 Å². The lowest BCUT2D eigenvalue weighted by Gasteiger charge is -1.92. The molecule has 1 aromatic heterocycles. The molecule has 0 amide bonds. The minimum absolute atomic E-state index is 0.0576. The van der Waals surface area contributed by atoms with Gasteiger partial charge in [-0.2, -0.15) is 5.26 Å². The Kier molecular flexibility index (Phi) is 2.02. The lowest BCUT2D eigenvalue weighted by molar-refractivity contribution is 0.915. The second kappa shape index (κ2) is 2.97. The van der Waals surface area contributed by atoms with Gasteiger partial charge >= 0.3 is 0 Å². The maximum absolute atomic E-state index is 10.9. The molecule has 0 bridgehead atoms. The van der Waals surface area contributed by atoms with Gasteiger partial charge in [0.15, 0.2) is 0 Å². The van der Waals surface area contributed by atoms with Crippen LogP contribution >= 0.6 is 0 Å². The molecule has 1 rings (SSSR count). The van der Waals surface area contributed by atoms with Gasteiger partial charge in [-0.15, -0.1) is 0 Å². The molecule has 0 aliphatic rings. The van der Waals surface area contributed by atoms with Crippen LogP contribution in [-0.2, 0) is 6.42 Å². The minimum Gasteiger partial charge on any atom is -0.309 e. The van der Waals surface area contributed by atoms with Gasteiger partial charge in [0.05, 0.1) is 6.20 Å². The van der Waals surface area contributed by atoms with Crippen LogP contribution in [0.2, 0.25) is 0 Å². The quantitative estimate of drug-likeness (QED) is 0.620. The molecule has 56 valence electrons. The van der Waals surface area contributed by atoms with Crippen LogP contribution in [0.1, 0.15) is 18.3 Å². The fraction of sp³-hybridized carbons (Fsp3) is 0.286. The summed E-state index contributed by atoms with van der Waals surface area (Å²) in [4.78, 5) is 17.2. The van der Waals surface area contributed by atoms with E-state index in [0.717, 1.165) is 0 Å². The Morgan fingerprint density at radius 2 is 2.55 bits per heavy atom. The number of aromatic nitrogens is 2. The molecule has 0 unspecified atom stereocenters. The van der Waals surface area contributed by atoms with Crippen molar-refractivity contribution < 1.29 is 0 Å². The van der Waals surface area contributed by atoms with E-state index in [4.69, 9.17) is 5.26 Å². The summed E-state index contributed by atoms with van der Waals surface area (Å²) < 4.78 is 0. The Labute approximate surface area is 63.5 Å². The zero-order valence-corrected chi connectivity index (χ0v) is 6.09. The normalized spacial score (nSPS) is 9.09. The number of nitrogens with one attached hydrogen (secondary N) is 1. The van der Waals surface area contributed by atoms with Gasteiger partial charge in [0.1, 0.15) is 17.5 Å². The van der Waals surface area contributed by atoms with Crippen molar-refractivity contribution >= 4 is 0 Å². The van der Waals surface area contributed by atoms with Crippen LogP contribution in [0.4, 0.5) is 0 Å². The molecule has 0 aliphatic carbocycles. The monoisotopic (exact) mass is 149 g/mol. The molecule has 1 aromatic rings. The molecule has 4 heteroatoms. The lowest BCUT2D eigenvalue weighted by atomic mass is 10.3. The van der Waals surface area contributed by atoms with Gasteiger partial charge in [-0.3, -0.25) is 4.79 Å². The minimum atomic E-state index is -0.362. The topological polar surface area (TPSA) is 69.5 Å². The van der Waals surface area contributed by atoms with Crippen LogP contribution in [0.5, 0.6) is 0 Å². The van der Waals surface area contributed by atoms with E-state index < -0.39 is 0 Å². The van der Waals surface area contributed by atoms with E-state index in [1.165, 1.54) is 6.20 Å². The van der Waals surface area contributed by atoms with Crippen LogP contribution < -0.4 is 5.56 Å². The van der Waals surface area contributed by atoms with Gasteiger partial charge in [-0.25, -0.2) is 4.98 Å². The van der Waals surface area contributed by atoms with Crippen molar-refractivity contribution in [2.75, 3.05) is 0 Å². The van der Waals surface area contributed by atoms with Gasteiger partial charge in [-0.1, -0.05) is 6.92 Å². The molecule has 0 aliphatic heterocycles. The zero-order chi connectivity index (χ0) is 8.27. The number of rotatable bonds is 1. The number of hydrogen-bond acceptors (Lipinski definition) is 3. The van der Waals surface area contributed by atoms with Crippen LogP contribution in [0.3, 0.4) is 0 Å². The third-order valence-corrected chi connectivity index (χ3v) is 1.31. The van der Waals surface area contributed by atoms with Gasteiger partial charge in [0, 0.05) is 6.42 Å². The highest BCUT2D eigenvalue weighted by molar-refractivity contribution is 5.21. The lowest BCUT2D eigenvalue weighted by Crippen LogP contribution is -2.13. The molecule has 0 aromatic carbocycles. The molecule has 1 heterocycles. The van der Waals surface area contributed by atoms with Crippen molar-refractivity contribution in [3.63, 3.8) is 0 Å². The first-order chi connectivity index (χ1) is 5.27. The molecule has 1 N–H and O–H groups in total. The standard InChI is InChI=1S/C7H7N3O/c1-2-6-9-4-5(3-8)7(11)10-6/h4H,2H2,1H3,(H,9,10,11). The third kappa shape index (κ3) is 1.44. The van der Waals surface area contributed by atoms with Crippen LogP contribution in [0.15, 0.2) is 11.0 Å². The predicted octanol–water partition coefficient (Wildman–Crippen LogP) is 0.204. The van der Waals surface area contributed by atoms with E-state index in [9.17, 15) is 4.79 Å². The van der Waals surface area contributed by atoms with E-state index in [-0.39, 0.29) is 11.1 Å². The second-order valence-corrected chi connectivity index (χ2v) is 2.04. The fourth-order valence-corrected chi connectivity index (χ4v) is 0.691. The highest BCUT2D eigenvalue weighted by atomic mass is 16.1. The summed E-state index contributed by atoms with van der Waals surface area (Å²) >= 11 is 0. The Hall–Kier alpha value is -1.63. The van der Waals surface area contributed by atoms with Crippen LogP contribution in [0.25, 0.3) is 0 Å². The molecule has 0 saturated carbocycles. The zero-order valence-electron chi connectivity index (χ0n) is 6.09. The number of aryl methyl sites for hydroxylation is 1. The number of aromatic amines is 1. The molecule has 0 spiro atoms. The van der Waals surface area contributed by atoms with Crippen LogP contribution in [0, 0.1) is 11.3 Å². The molecule has 11 heavy (non-hydrogen) atoms. The largest absolute Gasteiger partial charge is 0.309 e. The Balaban J connectivity index is 3.23. The highest BCUT2D eigenvalue weighted by Crippen LogP contribution is 1.87. The summed E-state index contributed by atoms with van der Waals surface area (Å²) in [5.41, 5.74) is -0.304. The fourth-order valence-electron chi connectivity index (χ4n) is 0.691. The Morgan fingerprint density at radius 1 is 1.82 bits per heavy atom. The first kappa shape index (κ1) is 7.48. The Morgan fingerprint density at radius 3 is 3.00 bits per heavy atom. The average Bonchev–Trinajstić information content (AvgIpc) is 2.04. The van der Waals surface area contributed by atoms with E-state index in [0.29, 0.717) is 12.2 Å². The maximum atomic E-state index is 10.9. The summed E-state index contributed by atoms with van der Waals surface area (Å²) in [6.07, 6.45) is 1.96. The first-order valence-electron chi connectivity index (χ1n) is 3.26. The summed E-state index contributed by atoms with van der Waals surface area (Å²) in [6.45, 7) is 1.88. The number of nitrogens with zero attached hydrogens (tertiary/aromatic N) is 2. The molecule has 0 radical (unpaired) electrons. The van der Waals surface area contributed by atoms with E-state index in [1.807, 2.05) is 6.92 Å². The van der Waals surface area contributed by atoms with Gasteiger partial charge < -0.3 is 4.98 Å².